The van der Waals surface area contributed by atoms with Crippen LogP contribution >= 0.6 is 0 Å². The second-order valence-electron chi connectivity index (χ2n) is 4.23. The molecule has 0 fully saturated rings. The molecule has 0 saturated heterocycles. The Morgan fingerprint density at radius 1 is 1.19 bits per heavy atom. The lowest BCUT2D eigenvalue weighted by atomic mass is 10.1. The van der Waals surface area contributed by atoms with Crippen molar-refractivity contribution in [3.63, 3.8) is 0 Å². The minimum absolute atomic E-state index is 0.327. The Bertz CT molecular complexity index is 686. The number of carboxylic acids is 1. The number of carbonyl (C=O) groups is 2. The summed E-state index contributed by atoms with van der Waals surface area (Å²) in [5.41, 5.74) is 0.476. The molecule has 1 heterocycles. The Labute approximate surface area is 119 Å². The maximum absolute atomic E-state index is 13.6. The third-order valence-corrected chi connectivity index (χ3v) is 2.65. The summed E-state index contributed by atoms with van der Waals surface area (Å²) < 4.78 is 13.6. The van der Waals surface area contributed by atoms with E-state index in [0.29, 0.717) is 5.69 Å². The van der Waals surface area contributed by atoms with Crippen LogP contribution in [0, 0.1) is 12.7 Å². The average Bonchev–Trinajstić information content (AvgIpc) is 2.43. The number of pyridine rings is 1. The first-order chi connectivity index (χ1) is 9.97. The number of amides is 2. The lowest BCUT2D eigenvalue weighted by molar-refractivity contribution is 0.0697. The lowest BCUT2D eigenvalue weighted by Crippen LogP contribution is -2.22. The van der Waals surface area contributed by atoms with Gasteiger partial charge < -0.3 is 15.7 Å². The van der Waals surface area contributed by atoms with Crippen LogP contribution in [0.4, 0.5) is 20.6 Å². The molecule has 0 spiro atoms. The highest BCUT2D eigenvalue weighted by molar-refractivity contribution is 6.04. The summed E-state index contributed by atoms with van der Waals surface area (Å²) in [6.07, 6.45) is 1.44. The third kappa shape index (κ3) is 3.53. The van der Waals surface area contributed by atoms with Gasteiger partial charge in [0.05, 0.1) is 23.1 Å². The number of anilines is 2. The van der Waals surface area contributed by atoms with E-state index in [1.807, 2.05) is 0 Å². The van der Waals surface area contributed by atoms with Crippen LogP contribution in [0.5, 0.6) is 0 Å². The van der Waals surface area contributed by atoms with E-state index < -0.39 is 17.8 Å². The van der Waals surface area contributed by atoms with Gasteiger partial charge >= 0.3 is 12.0 Å². The largest absolute Gasteiger partial charge is 0.478 e. The zero-order valence-electron chi connectivity index (χ0n) is 11.1. The number of benzene rings is 1. The lowest BCUT2D eigenvalue weighted by Gasteiger charge is -2.10. The number of carboxylic acid groups (broad SMARTS) is 1. The van der Waals surface area contributed by atoms with Crippen LogP contribution in [0.25, 0.3) is 0 Å². The summed E-state index contributed by atoms with van der Waals surface area (Å²) in [5, 5.41) is 13.6. The molecule has 0 unspecified atom stereocenters. The van der Waals surface area contributed by atoms with Gasteiger partial charge in [-0.3, -0.25) is 4.98 Å². The number of hydrogen-bond acceptors (Lipinski definition) is 3. The quantitative estimate of drug-likeness (QED) is 0.810. The van der Waals surface area contributed by atoms with Crippen molar-refractivity contribution >= 4 is 23.4 Å². The molecule has 21 heavy (non-hydrogen) atoms. The number of rotatable bonds is 3. The molecule has 0 saturated carbocycles. The number of aromatic carboxylic acids is 1. The highest BCUT2D eigenvalue weighted by Gasteiger charge is 2.16. The highest BCUT2D eigenvalue weighted by Crippen LogP contribution is 2.20. The summed E-state index contributed by atoms with van der Waals surface area (Å²) in [7, 11) is 0. The molecule has 2 rings (SSSR count). The number of aryl methyl sites for hydroxylation is 1. The molecule has 7 heteroatoms. The summed E-state index contributed by atoms with van der Waals surface area (Å²) in [6, 6.07) is 6.09. The number of nitrogens with one attached hydrogen (secondary N) is 2. The van der Waals surface area contributed by atoms with Crippen molar-refractivity contribution in [2.24, 2.45) is 0 Å². The molecule has 2 amide bonds. The summed E-state index contributed by atoms with van der Waals surface area (Å²) in [5.74, 6) is -2.16. The van der Waals surface area contributed by atoms with Crippen molar-refractivity contribution in [1.29, 1.82) is 0 Å². The summed E-state index contributed by atoms with van der Waals surface area (Å²) in [4.78, 5) is 26.8. The molecular formula is C14H12FN3O3. The van der Waals surface area contributed by atoms with Gasteiger partial charge in [0.2, 0.25) is 0 Å². The van der Waals surface area contributed by atoms with E-state index in [2.05, 4.69) is 15.6 Å². The highest BCUT2D eigenvalue weighted by atomic mass is 19.1. The first kappa shape index (κ1) is 14.4. The fraction of sp³-hybridized carbons (Fsp3) is 0.0714. The molecule has 6 nitrogen and oxygen atoms in total. The van der Waals surface area contributed by atoms with Gasteiger partial charge in [-0.25, -0.2) is 14.0 Å². The SMILES string of the molecule is Cc1ccc(NC(=O)Nc2c(F)cccc2C(=O)O)cn1. The van der Waals surface area contributed by atoms with Crippen molar-refractivity contribution in [2.45, 2.75) is 6.92 Å². The number of hydrogen-bond donors (Lipinski definition) is 3. The van der Waals surface area contributed by atoms with Gasteiger partial charge in [0.1, 0.15) is 5.82 Å². The van der Waals surface area contributed by atoms with Gasteiger partial charge in [-0.15, -0.1) is 0 Å². The number of para-hydroxylation sites is 1. The van der Waals surface area contributed by atoms with E-state index in [9.17, 15) is 14.0 Å². The van der Waals surface area contributed by atoms with Gasteiger partial charge in [0.15, 0.2) is 0 Å². The predicted molar refractivity (Wildman–Crippen MR) is 75.0 cm³/mol. The van der Waals surface area contributed by atoms with Crippen LogP contribution in [0.2, 0.25) is 0 Å². The third-order valence-electron chi connectivity index (χ3n) is 2.65. The van der Waals surface area contributed by atoms with E-state index in [4.69, 9.17) is 5.11 Å². The number of urea groups is 1. The molecule has 1 aromatic carbocycles. The van der Waals surface area contributed by atoms with Crippen LogP contribution in [-0.2, 0) is 0 Å². The van der Waals surface area contributed by atoms with Crippen LogP contribution in [0.3, 0.4) is 0 Å². The van der Waals surface area contributed by atoms with Gasteiger partial charge in [-0.1, -0.05) is 6.07 Å². The maximum Gasteiger partial charge on any atom is 0.337 e. The van der Waals surface area contributed by atoms with Crippen LogP contribution in [-0.4, -0.2) is 22.1 Å². The summed E-state index contributed by atoms with van der Waals surface area (Å²) >= 11 is 0. The molecule has 0 aliphatic carbocycles. The Balaban J connectivity index is 2.16. The second kappa shape index (κ2) is 6.00. The molecule has 0 aliphatic rings. The minimum atomic E-state index is -1.33. The van der Waals surface area contributed by atoms with E-state index in [0.717, 1.165) is 11.8 Å². The first-order valence-corrected chi connectivity index (χ1v) is 6.00. The van der Waals surface area contributed by atoms with Crippen molar-refractivity contribution in [3.05, 3.63) is 53.6 Å². The van der Waals surface area contributed by atoms with E-state index in [1.54, 1.807) is 19.1 Å². The Morgan fingerprint density at radius 2 is 1.95 bits per heavy atom. The molecule has 0 bridgehead atoms. The van der Waals surface area contributed by atoms with Crippen molar-refractivity contribution in [1.82, 2.24) is 4.98 Å². The van der Waals surface area contributed by atoms with Crippen LogP contribution in [0.1, 0.15) is 16.1 Å². The van der Waals surface area contributed by atoms with Crippen molar-refractivity contribution < 1.29 is 19.1 Å². The normalized spacial score (nSPS) is 10.0. The minimum Gasteiger partial charge on any atom is -0.478 e. The Morgan fingerprint density at radius 3 is 2.57 bits per heavy atom. The molecule has 108 valence electrons. The molecule has 0 radical (unpaired) electrons. The average molecular weight is 289 g/mol. The van der Waals surface area contributed by atoms with Crippen molar-refractivity contribution in [3.8, 4) is 0 Å². The fourth-order valence-corrected chi connectivity index (χ4v) is 1.65. The monoisotopic (exact) mass is 289 g/mol. The fourth-order valence-electron chi connectivity index (χ4n) is 1.65. The standard InChI is InChI=1S/C14H12FN3O3/c1-8-5-6-9(7-16-8)17-14(21)18-12-10(13(19)20)3-2-4-11(12)15/h2-7H,1H3,(H,19,20)(H2,17,18,21). The van der Waals surface area contributed by atoms with Gasteiger partial charge in [0, 0.05) is 5.69 Å². The van der Waals surface area contributed by atoms with E-state index in [-0.39, 0.29) is 11.3 Å². The predicted octanol–water partition coefficient (Wildman–Crippen LogP) is 2.87. The maximum atomic E-state index is 13.6. The second-order valence-corrected chi connectivity index (χ2v) is 4.23. The number of carbonyl (C=O) groups excluding carboxylic acids is 1. The Hall–Kier alpha value is -2.96. The molecule has 1 aromatic heterocycles. The van der Waals surface area contributed by atoms with Gasteiger partial charge in [-0.2, -0.15) is 0 Å². The van der Waals surface area contributed by atoms with E-state index in [1.165, 1.54) is 18.3 Å². The molecule has 0 atom stereocenters. The smallest absolute Gasteiger partial charge is 0.337 e. The number of aromatic nitrogens is 1. The Kier molecular flexibility index (Phi) is 4.13. The molecule has 0 aliphatic heterocycles. The van der Waals surface area contributed by atoms with Gasteiger partial charge in [0.25, 0.3) is 0 Å². The zero-order chi connectivity index (χ0) is 15.4. The van der Waals surface area contributed by atoms with Crippen LogP contribution < -0.4 is 10.6 Å². The van der Waals surface area contributed by atoms with Crippen molar-refractivity contribution in [2.75, 3.05) is 10.6 Å². The first-order valence-electron chi connectivity index (χ1n) is 6.00. The molecule has 3 N–H and O–H groups in total. The van der Waals surface area contributed by atoms with E-state index >= 15 is 0 Å². The number of halogens is 1. The topological polar surface area (TPSA) is 91.3 Å². The number of nitrogens with zero attached hydrogens (tertiary/aromatic N) is 1. The molecule has 2 aromatic rings. The van der Waals surface area contributed by atoms with Gasteiger partial charge in [-0.05, 0) is 31.2 Å². The van der Waals surface area contributed by atoms with Crippen LogP contribution in [0.15, 0.2) is 36.5 Å². The zero-order valence-corrected chi connectivity index (χ0v) is 11.1. The summed E-state index contributed by atoms with van der Waals surface area (Å²) in [6.45, 7) is 1.79. The molecular weight excluding hydrogens is 277 g/mol.